The SMILES string of the molecule is CC1(CCCCCC(=O)O)C(/C=C/C=C/Nc2ccccc2)=[N+](CCCS(=O)(=O)[O-])c2cc[c-]cc21.[Na+]. The molecule has 0 fully saturated rings. The summed E-state index contributed by atoms with van der Waals surface area (Å²) in [7, 11) is -4.30. The molecular formula is C28H33N2NaO5S. The molecular weight excluding hydrogens is 499 g/mol. The maximum Gasteiger partial charge on any atom is 1.00 e. The van der Waals surface area contributed by atoms with Gasteiger partial charge in [-0.2, -0.15) is 18.2 Å². The van der Waals surface area contributed by atoms with Crippen molar-refractivity contribution in [2.45, 2.75) is 50.9 Å². The van der Waals surface area contributed by atoms with Gasteiger partial charge in [-0.05, 0) is 31.1 Å². The Morgan fingerprint density at radius 1 is 1.14 bits per heavy atom. The van der Waals surface area contributed by atoms with Gasteiger partial charge >= 0.3 is 35.5 Å². The van der Waals surface area contributed by atoms with Crippen LogP contribution in [0.1, 0.15) is 51.0 Å². The third-order valence-corrected chi connectivity index (χ3v) is 7.20. The zero-order valence-electron chi connectivity index (χ0n) is 21.5. The number of nitrogens with one attached hydrogen (secondary N) is 1. The standard InChI is InChI=1S/C28H33N2O5S.Na/c1-28(19-10-3-6-18-27(31)32)24-15-7-8-16-25(24)30(21-12-22-36(33,34)35)26(28)17-9-11-20-29-23-13-4-2-5-14-23;/h2,4-5,8-9,11,13-17,20H,3,6,10,12,18-19,21-22H2,1H3,(H2,31,32,33,34,35);/q-1;+1. The van der Waals surface area contributed by atoms with Gasteiger partial charge < -0.3 is 15.0 Å². The summed E-state index contributed by atoms with van der Waals surface area (Å²) >= 11 is 0. The molecule has 1 aliphatic heterocycles. The van der Waals surface area contributed by atoms with E-state index in [4.69, 9.17) is 5.11 Å². The Kier molecular flexibility index (Phi) is 12.3. The van der Waals surface area contributed by atoms with Gasteiger partial charge in [-0.15, -0.1) is 6.07 Å². The van der Waals surface area contributed by atoms with Crippen molar-refractivity contribution in [1.29, 1.82) is 0 Å². The minimum atomic E-state index is -4.30. The van der Waals surface area contributed by atoms with Gasteiger partial charge in [0.15, 0.2) is 5.71 Å². The maximum absolute atomic E-state index is 11.2. The monoisotopic (exact) mass is 532 g/mol. The fourth-order valence-corrected chi connectivity index (χ4v) is 5.14. The van der Waals surface area contributed by atoms with Crippen molar-refractivity contribution in [2.24, 2.45) is 0 Å². The van der Waals surface area contributed by atoms with E-state index in [1.54, 1.807) is 0 Å². The molecule has 37 heavy (non-hydrogen) atoms. The summed E-state index contributed by atoms with van der Waals surface area (Å²) < 4.78 is 35.7. The third-order valence-electron chi connectivity index (χ3n) is 6.41. The number of carbonyl (C=O) groups is 1. The number of fused-ring (bicyclic) bond motifs is 1. The van der Waals surface area contributed by atoms with Crippen LogP contribution in [0.25, 0.3) is 0 Å². The van der Waals surface area contributed by atoms with E-state index < -0.39 is 21.8 Å². The molecule has 1 heterocycles. The Morgan fingerprint density at radius 2 is 1.89 bits per heavy atom. The number of rotatable bonds is 14. The molecule has 0 saturated heterocycles. The predicted octanol–water partition coefficient (Wildman–Crippen LogP) is 2.00. The summed E-state index contributed by atoms with van der Waals surface area (Å²) in [5, 5.41) is 12.2. The van der Waals surface area contributed by atoms with Crippen LogP contribution < -0.4 is 34.9 Å². The van der Waals surface area contributed by atoms with Crippen LogP contribution in [0, 0.1) is 6.07 Å². The molecule has 192 valence electrons. The predicted molar refractivity (Wildman–Crippen MR) is 141 cm³/mol. The van der Waals surface area contributed by atoms with Crippen LogP contribution in [0.15, 0.2) is 73.0 Å². The summed E-state index contributed by atoms with van der Waals surface area (Å²) in [4.78, 5) is 10.9. The van der Waals surface area contributed by atoms with E-state index in [-0.39, 0.29) is 47.8 Å². The molecule has 0 radical (unpaired) electrons. The molecule has 7 nitrogen and oxygen atoms in total. The second-order valence-corrected chi connectivity index (χ2v) is 10.6. The first kappa shape index (κ1) is 31.0. The Morgan fingerprint density at radius 3 is 2.59 bits per heavy atom. The van der Waals surface area contributed by atoms with Crippen LogP contribution in [0.2, 0.25) is 0 Å². The van der Waals surface area contributed by atoms with Crippen molar-refractivity contribution in [3.05, 3.63) is 84.6 Å². The molecule has 1 atom stereocenters. The van der Waals surface area contributed by atoms with Crippen LogP contribution in [-0.2, 0) is 20.3 Å². The average molecular weight is 533 g/mol. The molecule has 2 N–H and O–H groups in total. The Hall–Kier alpha value is -2.23. The molecule has 0 aliphatic carbocycles. The molecule has 9 heteroatoms. The summed E-state index contributed by atoms with van der Waals surface area (Å²) in [5.41, 5.74) is 3.72. The number of carboxylic acid groups (broad SMARTS) is 1. The molecule has 0 saturated carbocycles. The van der Waals surface area contributed by atoms with Crippen molar-refractivity contribution in [1.82, 2.24) is 0 Å². The van der Waals surface area contributed by atoms with Gasteiger partial charge in [0.1, 0.15) is 12.2 Å². The first-order chi connectivity index (χ1) is 17.2. The van der Waals surface area contributed by atoms with Crippen LogP contribution in [0.3, 0.4) is 0 Å². The van der Waals surface area contributed by atoms with Crippen molar-refractivity contribution >= 4 is 33.2 Å². The number of nitrogens with zero attached hydrogens (tertiary/aromatic N) is 1. The average Bonchev–Trinajstić information content (AvgIpc) is 3.06. The molecule has 0 bridgehead atoms. The van der Waals surface area contributed by atoms with Gasteiger partial charge in [0.2, 0.25) is 0 Å². The minimum Gasteiger partial charge on any atom is -0.748 e. The molecule has 2 aromatic carbocycles. The summed E-state index contributed by atoms with van der Waals surface area (Å²) in [6, 6.07) is 18.7. The van der Waals surface area contributed by atoms with Crippen LogP contribution in [0.5, 0.6) is 0 Å². The number of hydrogen-bond donors (Lipinski definition) is 2. The first-order valence-corrected chi connectivity index (χ1v) is 13.7. The van der Waals surface area contributed by atoms with Crippen molar-refractivity contribution < 1.29 is 57.0 Å². The van der Waals surface area contributed by atoms with Crippen molar-refractivity contribution in [3.63, 3.8) is 0 Å². The second kappa shape index (κ2) is 14.6. The van der Waals surface area contributed by atoms with E-state index in [0.29, 0.717) is 13.0 Å². The van der Waals surface area contributed by atoms with Gasteiger partial charge in [-0.25, -0.2) is 13.0 Å². The summed E-state index contributed by atoms with van der Waals surface area (Å²) in [6.45, 7) is 2.56. The van der Waals surface area contributed by atoms with Crippen LogP contribution in [-0.4, -0.2) is 46.6 Å². The largest absolute Gasteiger partial charge is 1.00 e. The van der Waals surface area contributed by atoms with Gasteiger partial charge in [-0.3, -0.25) is 4.79 Å². The fraction of sp³-hybridized carbons (Fsp3) is 0.357. The van der Waals surface area contributed by atoms with E-state index in [0.717, 1.165) is 41.9 Å². The maximum atomic E-state index is 11.2. The number of carboxylic acids is 1. The van der Waals surface area contributed by atoms with E-state index in [2.05, 4.69) is 22.9 Å². The Balaban J connectivity index is 0.00000481. The molecule has 0 aromatic heterocycles. The van der Waals surface area contributed by atoms with E-state index in [1.807, 2.05) is 73.0 Å². The first-order valence-electron chi connectivity index (χ1n) is 12.2. The van der Waals surface area contributed by atoms with E-state index in [1.165, 1.54) is 0 Å². The zero-order valence-corrected chi connectivity index (χ0v) is 24.3. The van der Waals surface area contributed by atoms with E-state index >= 15 is 0 Å². The van der Waals surface area contributed by atoms with E-state index in [9.17, 15) is 17.8 Å². The van der Waals surface area contributed by atoms with Crippen LogP contribution >= 0.6 is 0 Å². The van der Waals surface area contributed by atoms with Gasteiger partial charge in [0.25, 0.3) is 0 Å². The molecule has 3 rings (SSSR count). The number of para-hydroxylation sites is 1. The number of allylic oxidation sites excluding steroid dienone is 3. The Labute approximate surface area is 242 Å². The number of unbranched alkanes of at least 4 members (excludes halogenated alkanes) is 2. The molecule has 1 aliphatic rings. The number of benzene rings is 2. The van der Waals surface area contributed by atoms with Crippen molar-refractivity contribution in [2.75, 3.05) is 17.6 Å². The number of hydrogen-bond acceptors (Lipinski definition) is 5. The third kappa shape index (κ3) is 9.23. The molecule has 0 spiro atoms. The minimum absolute atomic E-state index is 0. The number of anilines is 1. The van der Waals surface area contributed by atoms with Crippen LogP contribution in [0.4, 0.5) is 11.4 Å². The Bertz CT molecular complexity index is 1240. The summed E-state index contributed by atoms with van der Waals surface area (Å²) in [5.74, 6) is -1.20. The molecule has 1 unspecified atom stereocenters. The second-order valence-electron chi connectivity index (χ2n) is 9.11. The van der Waals surface area contributed by atoms with Crippen molar-refractivity contribution in [3.8, 4) is 0 Å². The molecule has 0 amide bonds. The summed E-state index contributed by atoms with van der Waals surface area (Å²) in [6.07, 6.45) is 11.2. The fourth-order valence-electron chi connectivity index (χ4n) is 4.65. The topological polar surface area (TPSA) is 110 Å². The molecule has 2 aromatic rings. The number of aliphatic carboxylic acids is 1. The smallest absolute Gasteiger partial charge is 0.748 e. The normalized spacial score (nSPS) is 17.2. The van der Waals surface area contributed by atoms with Gasteiger partial charge in [-0.1, -0.05) is 49.6 Å². The quantitative estimate of drug-likeness (QED) is 0.0962. The van der Waals surface area contributed by atoms with Gasteiger partial charge in [0, 0.05) is 42.0 Å². The van der Waals surface area contributed by atoms with Gasteiger partial charge in [0.05, 0.1) is 10.1 Å². The zero-order chi connectivity index (χ0) is 26.0.